The summed E-state index contributed by atoms with van der Waals surface area (Å²) in [5.41, 5.74) is 0.450. The predicted molar refractivity (Wildman–Crippen MR) is 81.1 cm³/mol. The van der Waals surface area contributed by atoms with Crippen LogP contribution < -0.4 is 10.5 Å². The largest absolute Gasteiger partial charge is 0.323 e. The number of nitrogens with one attached hydrogen (secondary N) is 1. The molecule has 0 saturated heterocycles. The van der Waals surface area contributed by atoms with Crippen molar-refractivity contribution >= 4 is 37.5 Å². The number of benzene rings is 1. The Morgan fingerprint density at radius 1 is 1.48 bits per heavy atom. The second-order valence-electron chi connectivity index (χ2n) is 4.34. The minimum atomic E-state index is -3.78. The molecule has 2 rings (SSSR count). The van der Waals surface area contributed by atoms with Crippen LogP contribution in [0.25, 0.3) is 0 Å². The summed E-state index contributed by atoms with van der Waals surface area (Å²) < 4.78 is 24.4. The number of sulfonamides is 1. The molecule has 0 radical (unpaired) electrons. The van der Waals surface area contributed by atoms with Crippen molar-refractivity contribution in [2.75, 3.05) is 5.32 Å². The van der Waals surface area contributed by atoms with Gasteiger partial charge in [-0.1, -0.05) is 0 Å². The number of nitrogens with two attached hydrogens (primary N) is 1. The summed E-state index contributed by atoms with van der Waals surface area (Å²) in [6, 6.07) is 5.36. The van der Waals surface area contributed by atoms with Crippen LogP contribution in [0.1, 0.15) is 13.0 Å². The molecule has 1 aromatic carbocycles. The molecule has 0 fully saturated rings. The molecule has 0 saturated carbocycles. The van der Waals surface area contributed by atoms with E-state index in [0.29, 0.717) is 10.2 Å². The lowest BCUT2D eigenvalue weighted by molar-refractivity contribution is -0.119. The van der Waals surface area contributed by atoms with Crippen LogP contribution in [-0.2, 0) is 14.8 Å². The van der Waals surface area contributed by atoms with Gasteiger partial charge in [0.1, 0.15) is 6.04 Å². The van der Waals surface area contributed by atoms with Gasteiger partial charge in [-0.2, -0.15) is 5.10 Å². The number of nitrogens with zero attached hydrogens (tertiary/aromatic N) is 2. The molecule has 1 aromatic heterocycles. The first-order chi connectivity index (χ1) is 9.79. The summed E-state index contributed by atoms with van der Waals surface area (Å²) in [5, 5.41) is 11.7. The normalized spacial score (nSPS) is 12.9. The third kappa shape index (κ3) is 3.69. The van der Waals surface area contributed by atoms with E-state index in [1.54, 1.807) is 25.4 Å². The summed E-state index contributed by atoms with van der Waals surface area (Å²) in [5.74, 6) is -0.275. The molecule has 21 heavy (non-hydrogen) atoms. The molecule has 3 N–H and O–H groups in total. The van der Waals surface area contributed by atoms with Gasteiger partial charge in [-0.25, -0.2) is 13.6 Å². The quantitative estimate of drug-likeness (QED) is 0.847. The summed E-state index contributed by atoms with van der Waals surface area (Å²) in [4.78, 5) is 12.1. The minimum absolute atomic E-state index is 0.0347. The van der Waals surface area contributed by atoms with Crippen LogP contribution in [0.2, 0.25) is 0 Å². The van der Waals surface area contributed by atoms with Crippen LogP contribution in [-0.4, -0.2) is 24.1 Å². The van der Waals surface area contributed by atoms with Gasteiger partial charge in [0.05, 0.1) is 10.6 Å². The number of hydrogen-bond donors (Lipinski definition) is 2. The van der Waals surface area contributed by atoms with Crippen LogP contribution in [0.15, 0.2) is 46.0 Å². The van der Waals surface area contributed by atoms with Crippen LogP contribution in [0.4, 0.5) is 5.69 Å². The fraction of sp³-hybridized carbons (Fsp3) is 0.167. The Morgan fingerprint density at radius 2 is 2.19 bits per heavy atom. The second kappa shape index (κ2) is 5.96. The van der Waals surface area contributed by atoms with Crippen molar-refractivity contribution in [2.24, 2.45) is 5.14 Å². The maximum atomic E-state index is 12.1. The first kappa shape index (κ1) is 15.7. The zero-order valence-corrected chi connectivity index (χ0v) is 13.4. The molecule has 0 bridgehead atoms. The lowest BCUT2D eigenvalue weighted by Gasteiger charge is -2.14. The Bertz CT molecular complexity index is 759. The number of rotatable bonds is 4. The first-order valence-corrected chi connectivity index (χ1v) is 8.25. The molecule has 1 amide bonds. The van der Waals surface area contributed by atoms with Gasteiger partial charge in [0, 0.05) is 16.9 Å². The summed E-state index contributed by atoms with van der Waals surface area (Å²) in [7, 11) is -3.78. The zero-order valence-electron chi connectivity index (χ0n) is 11.0. The van der Waals surface area contributed by atoms with Gasteiger partial charge in [0.15, 0.2) is 0 Å². The Balaban J connectivity index is 2.19. The number of carbonyl (C=O) groups excluding carboxylic acids is 1. The van der Waals surface area contributed by atoms with E-state index in [0.717, 1.165) is 0 Å². The average Bonchev–Trinajstić information content (AvgIpc) is 2.92. The molecule has 2 aromatic rings. The highest BCUT2D eigenvalue weighted by Crippen LogP contribution is 2.26. The van der Waals surface area contributed by atoms with Gasteiger partial charge >= 0.3 is 0 Å². The zero-order chi connectivity index (χ0) is 15.6. The molecule has 0 aliphatic heterocycles. The smallest absolute Gasteiger partial charge is 0.248 e. The maximum Gasteiger partial charge on any atom is 0.248 e. The van der Waals surface area contributed by atoms with Gasteiger partial charge in [0.25, 0.3) is 0 Å². The van der Waals surface area contributed by atoms with Crippen molar-refractivity contribution in [3.8, 4) is 0 Å². The molecule has 0 spiro atoms. The lowest BCUT2D eigenvalue weighted by atomic mass is 10.2. The van der Waals surface area contributed by atoms with Crippen molar-refractivity contribution < 1.29 is 13.2 Å². The Labute approximate surface area is 130 Å². The van der Waals surface area contributed by atoms with E-state index >= 15 is 0 Å². The summed E-state index contributed by atoms with van der Waals surface area (Å²) in [6.45, 7) is 1.70. The van der Waals surface area contributed by atoms with E-state index in [1.807, 2.05) is 0 Å². The van der Waals surface area contributed by atoms with E-state index in [9.17, 15) is 13.2 Å². The fourth-order valence-electron chi connectivity index (χ4n) is 1.64. The Kier molecular flexibility index (Phi) is 4.45. The van der Waals surface area contributed by atoms with Gasteiger partial charge < -0.3 is 5.32 Å². The second-order valence-corrected chi connectivity index (χ2v) is 6.75. The molecular formula is C12H13BrN4O3S. The molecule has 0 aliphatic carbocycles. The highest BCUT2D eigenvalue weighted by molar-refractivity contribution is 9.10. The van der Waals surface area contributed by atoms with E-state index in [2.05, 4.69) is 26.3 Å². The molecule has 9 heteroatoms. The first-order valence-electron chi connectivity index (χ1n) is 5.91. The predicted octanol–water partition coefficient (Wildman–Crippen LogP) is 1.49. The van der Waals surface area contributed by atoms with E-state index in [1.165, 1.54) is 22.9 Å². The van der Waals surface area contributed by atoms with Crippen molar-refractivity contribution in [2.45, 2.75) is 17.9 Å². The minimum Gasteiger partial charge on any atom is -0.323 e. The third-order valence-electron chi connectivity index (χ3n) is 2.83. The summed E-state index contributed by atoms with van der Waals surface area (Å²) in [6.07, 6.45) is 3.27. The lowest BCUT2D eigenvalue weighted by Crippen LogP contribution is -2.24. The monoisotopic (exact) mass is 372 g/mol. The van der Waals surface area contributed by atoms with E-state index in [4.69, 9.17) is 5.14 Å². The Morgan fingerprint density at radius 3 is 2.71 bits per heavy atom. The third-order valence-corrected chi connectivity index (χ3v) is 4.40. The number of hydrogen-bond acceptors (Lipinski definition) is 4. The number of carbonyl (C=O) groups is 1. The number of halogens is 1. The molecule has 0 aliphatic rings. The van der Waals surface area contributed by atoms with Gasteiger partial charge in [-0.15, -0.1) is 0 Å². The van der Waals surface area contributed by atoms with E-state index < -0.39 is 16.1 Å². The van der Waals surface area contributed by atoms with Crippen molar-refractivity contribution in [1.82, 2.24) is 9.78 Å². The van der Waals surface area contributed by atoms with Crippen LogP contribution in [0, 0.1) is 0 Å². The summed E-state index contributed by atoms with van der Waals surface area (Å²) >= 11 is 3.21. The number of primary sulfonamides is 1. The van der Waals surface area contributed by atoms with Crippen molar-refractivity contribution in [1.29, 1.82) is 0 Å². The van der Waals surface area contributed by atoms with Crippen molar-refractivity contribution in [3.05, 3.63) is 41.1 Å². The van der Waals surface area contributed by atoms with E-state index in [-0.39, 0.29) is 10.8 Å². The van der Waals surface area contributed by atoms with Crippen LogP contribution in [0.5, 0.6) is 0 Å². The molecule has 1 unspecified atom stereocenters. The fourth-order valence-corrected chi connectivity index (χ4v) is 2.81. The highest BCUT2D eigenvalue weighted by atomic mass is 79.9. The average molecular weight is 373 g/mol. The molecule has 7 nitrogen and oxygen atoms in total. The van der Waals surface area contributed by atoms with Gasteiger partial charge in [-0.05, 0) is 47.1 Å². The maximum absolute atomic E-state index is 12.1. The molecule has 112 valence electrons. The topological polar surface area (TPSA) is 107 Å². The number of amides is 1. The van der Waals surface area contributed by atoms with Gasteiger partial charge in [0.2, 0.25) is 15.9 Å². The molecular weight excluding hydrogens is 360 g/mol. The number of aromatic nitrogens is 2. The SMILES string of the molecule is CC(C(=O)Nc1ccc(S(N)(=O)=O)cc1Br)n1cccn1. The molecule has 1 heterocycles. The Hall–Kier alpha value is -1.71. The highest BCUT2D eigenvalue weighted by Gasteiger charge is 2.17. The van der Waals surface area contributed by atoms with Gasteiger partial charge in [-0.3, -0.25) is 9.48 Å². The standard InChI is InChI=1S/C12H13BrN4O3S/c1-8(17-6-2-5-15-17)12(18)16-11-4-3-9(7-10(11)13)21(14,19)20/h2-8H,1H3,(H,16,18)(H2,14,19,20). The van der Waals surface area contributed by atoms with Crippen LogP contribution in [0.3, 0.4) is 0 Å². The number of anilines is 1. The van der Waals surface area contributed by atoms with Crippen LogP contribution >= 0.6 is 15.9 Å². The van der Waals surface area contributed by atoms with Crippen molar-refractivity contribution in [3.63, 3.8) is 0 Å². The molecule has 1 atom stereocenters.